The predicted molar refractivity (Wildman–Crippen MR) is 128 cm³/mol. The Labute approximate surface area is 193 Å². The summed E-state index contributed by atoms with van der Waals surface area (Å²) in [5, 5.41) is 0.491. The summed E-state index contributed by atoms with van der Waals surface area (Å²) in [6.45, 7) is 5.24. The number of rotatable bonds is 7. The van der Waals surface area contributed by atoms with E-state index in [4.69, 9.17) is 13.9 Å². The molecule has 0 aliphatic carbocycles. The number of aryl methyl sites for hydroxylation is 2. The molecule has 1 aliphatic heterocycles. The number of carbonyl (C=O) groups excluding carboxylic acids is 1. The lowest BCUT2D eigenvalue weighted by Crippen LogP contribution is -2.32. The molecule has 3 aromatic rings. The van der Waals surface area contributed by atoms with Gasteiger partial charge in [0.25, 0.3) is 5.91 Å². The molecule has 0 saturated heterocycles. The van der Waals surface area contributed by atoms with E-state index in [-0.39, 0.29) is 17.1 Å². The van der Waals surface area contributed by atoms with Crippen LogP contribution < -0.4 is 14.9 Å². The normalized spacial score (nSPS) is 15.4. The molecular formula is C26H30N2O5. The van der Waals surface area contributed by atoms with E-state index in [0.29, 0.717) is 34.6 Å². The van der Waals surface area contributed by atoms with Gasteiger partial charge in [-0.25, -0.2) is 0 Å². The number of hydrogen-bond donors (Lipinski definition) is 0. The molecular weight excluding hydrogens is 420 g/mol. The Morgan fingerprint density at radius 1 is 1.00 bits per heavy atom. The molecule has 0 N–H and O–H groups in total. The highest BCUT2D eigenvalue weighted by Gasteiger charge is 2.42. The van der Waals surface area contributed by atoms with Crippen LogP contribution in [0.5, 0.6) is 11.5 Å². The fourth-order valence-electron chi connectivity index (χ4n) is 4.43. The van der Waals surface area contributed by atoms with Gasteiger partial charge in [0.1, 0.15) is 5.58 Å². The second-order valence-electron chi connectivity index (χ2n) is 8.78. The van der Waals surface area contributed by atoms with Gasteiger partial charge in [-0.1, -0.05) is 6.07 Å². The molecule has 1 aliphatic rings. The summed E-state index contributed by atoms with van der Waals surface area (Å²) in [5.41, 5.74) is 3.45. The predicted octanol–water partition coefficient (Wildman–Crippen LogP) is 3.92. The average Bonchev–Trinajstić information content (AvgIpc) is 3.06. The molecule has 0 radical (unpaired) electrons. The van der Waals surface area contributed by atoms with Crippen molar-refractivity contribution in [3.8, 4) is 11.5 Å². The topological polar surface area (TPSA) is 72.2 Å². The Bertz CT molecular complexity index is 1280. The van der Waals surface area contributed by atoms with Crippen molar-refractivity contribution < 1.29 is 18.7 Å². The highest BCUT2D eigenvalue weighted by atomic mass is 16.5. The Morgan fingerprint density at radius 3 is 2.36 bits per heavy atom. The van der Waals surface area contributed by atoms with Crippen LogP contribution >= 0.6 is 0 Å². The molecule has 174 valence electrons. The first-order chi connectivity index (χ1) is 15.8. The summed E-state index contributed by atoms with van der Waals surface area (Å²) in [5.74, 6) is 0.989. The largest absolute Gasteiger partial charge is 0.493 e. The van der Waals surface area contributed by atoms with Crippen molar-refractivity contribution in [2.75, 3.05) is 41.4 Å². The summed E-state index contributed by atoms with van der Waals surface area (Å²) in [6, 6.07) is 8.62. The third-order valence-corrected chi connectivity index (χ3v) is 6.31. The maximum Gasteiger partial charge on any atom is 0.290 e. The maximum absolute atomic E-state index is 13.7. The second kappa shape index (κ2) is 8.90. The van der Waals surface area contributed by atoms with Gasteiger partial charge in [0.2, 0.25) is 5.76 Å². The molecule has 4 rings (SSSR count). The zero-order chi connectivity index (χ0) is 23.9. The third kappa shape index (κ3) is 3.97. The quantitative estimate of drug-likeness (QED) is 0.543. The minimum Gasteiger partial charge on any atom is -0.493 e. The molecule has 1 amide bonds. The fraction of sp³-hybridized carbons (Fsp3) is 0.385. The highest BCUT2D eigenvalue weighted by Crippen LogP contribution is 2.41. The number of methoxy groups -OCH3 is 2. The summed E-state index contributed by atoms with van der Waals surface area (Å²) in [4.78, 5) is 31.0. The van der Waals surface area contributed by atoms with Gasteiger partial charge in [0.15, 0.2) is 16.9 Å². The molecule has 33 heavy (non-hydrogen) atoms. The zero-order valence-corrected chi connectivity index (χ0v) is 20.0. The van der Waals surface area contributed by atoms with Gasteiger partial charge in [0.05, 0.1) is 31.2 Å². The maximum atomic E-state index is 13.7. The first-order valence-corrected chi connectivity index (χ1v) is 11.0. The zero-order valence-electron chi connectivity index (χ0n) is 20.0. The monoisotopic (exact) mass is 450 g/mol. The SMILES string of the molecule is COc1ccc([C@@H]2c3c(oc4cc(C)c(C)cc4c3=O)C(=O)N2CCCN(C)C)cc1OC. The lowest BCUT2D eigenvalue weighted by atomic mass is 9.97. The van der Waals surface area contributed by atoms with Crippen LogP contribution in [-0.2, 0) is 0 Å². The summed E-state index contributed by atoms with van der Waals surface area (Å²) in [6.07, 6.45) is 0.766. The number of hydrogen-bond acceptors (Lipinski definition) is 6. The molecule has 7 heteroatoms. The van der Waals surface area contributed by atoms with E-state index >= 15 is 0 Å². The number of fused-ring (bicyclic) bond motifs is 2. The van der Waals surface area contributed by atoms with Crippen molar-refractivity contribution in [2.24, 2.45) is 0 Å². The third-order valence-electron chi connectivity index (χ3n) is 6.31. The number of amides is 1. The minimum atomic E-state index is -0.559. The summed E-state index contributed by atoms with van der Waals surface area (Å²) in [7, 11) is 7.13. The molecule has 0 saturated carbocycles. The van der Waals surface area contributed by atoms with Crippen molar-refractivity contribution in [3.05, 3.63) is 68.6 Å². The van der Waals surface area contributed by atoms with Crippen molar-refractivity contribution >= 4 is 16.9 Å². The van der Waals surface area contributed by atoms with Gasteiger partial charge in [-0.3, -0.25) is 9.59 Å². The number of nitrogens with zero attached hydrogens (tertiary/aromatic N) is 2. The first kappa shape index (κ1) is 22.9. The van der Waals surface area contributed by atoms with Crippen LogP contribution in [0, 0.1) is 13.8 Å². The van der Waals surface area contributed by atoms with Gasteiger partial charge in [-0.15, -0.1) is 0 Å². The lowest BCUT2D eigenvalue weighted by molar-refractivity contribution is 0.0722. The lowest BCUT2D eigenvalue weighted by Gasteiger charge is -2.26. The van der Waals surface area contributed by atoms with Gasteiger partial charge in [-0.05, 0) is 81.9 Å². The van der Waals surface area contributed by atoms with E-state index in [9.17, 15) is 9.59 Å². The van der Waals surface area contributed by atoms with E-state index in [2.05, 4.69) is 4.90 Å². The smallest absolute Gasteiger partial charge is 0.290 e. The van der Waals surface area contributed by atoms with Crippen molar-refractivity contribution in [1.82, 2.24) is 9.80 Å². The van der Waals surface area contributed by atoms with Crippen LogP contribution in [0.3, 0.4) is 0 Å². The standard InChI is InChI=1S/C26H30N2O5/c1-15-12-18-20(13-16(15)2)33-25-22(24(18)29)23(28(26(25)30)11-7-10-27(3)4)17-8-9-19(31-5)21(14-17)32-6/h8-9,12-14,23H,7,10-11H2,1-6H3/t23-/m1/s1. The number of carbonyl (C=O) groups is 1. The molecule has 1 aromatic heterocycles. The van der Waals surface area contributed by atoms with Gasteiger partial charge in [0, 0.05) is 6.54 Å². The van der Waals surface area contributed by atoms with Crippen LogP contribution in [0.15, 0.2) is 39.5 Å². The Kier molecular flexibility index (Phi) is 6.17. The first-order valence-electron chi connectivity index (χ1n) is 11.0. The molecule has 0 bridgehead atoms. The Hall–Kier alpha value is -3.32. The van der Waals surface area contributed by atoms with Gasteiger partial charge < -0.3 is 23.7 Å². The number of ether oxygens (including phenoxy) is 2. The van der Waals surface area contributed by atoms with Crippen molar-refractivity contribution in [2.45, 2.75) is 26.3 Å². The average molecular weight is 451 g/mol. The molecule has 2 heterocycles. The van der Waals surface area contributed by atoms with Gasteiger partial charge in [-0.2, -0.15) is 0 Å². The molecule has 2 aromatic carbocycles. The van der Waals surface area contributed by atoms with Crippen LogP contribution in [0.1, 0.15) is 45.3 Å². The van der Waals surface area contributed by atoms with Crippen LogP contribution in [-0.4, -0.2) is 57.1 Å². The molecule has 1 atom stereocenters. The molecule has 0 unspecified atom stereocenters. The minimum absolute atomic E-state index is 0.125. The molecule has 0 fully saturated rings. The van der Waals surface area contributed by atoms with E-state index in [1.807, 2.05) is 52.2 Å². The highest BCUT2D eigenvalue weighted by molar-refractivity contribution is 5.99. The van der Waals surface area contributed by atoms with Crippen LogP contribution in [0.2, 0.25) is 0 Å². The number of benzene rings is 2. The summed E-state index contributed by atoms with van der Waals surface area (Å²) < 4.78 is 17.0. The van der Waals surface area contributed by atoms with Crippen LogP contribution in [0.25, 0.3) is 11.0 Å². The molecule has 0 spiro atoms. The van der Waals surface area contributed by atoms with E-state index < -0.39 is 6.04 Å². The van der Waals surface area contributed by atoms with Crippen molar-refractivity contribution in [1.29, 1.82) is 0 Å². The van der Waals surface area contributed by atoms with Crippen LogP contribution in [0.4, 0.5) is 0 Å². The van der Waals surface area contributed by atoms with Crippen molar-refractivity contribution in [3.63, 3.8) is 0 Å². The van der Waals surface area contributed by atoms with Gasteiger partial charge >= 0.3 is 0 Å². The Morgan fingerprint density at radius 2 is 1.70 bits per heavy atom. The van der Waals surface area contributed by atoms with E-state index in [1.165, 1.54) is 0 Å². The fourth-order valence-corrected chi connectivity index (χ4v) is 4.43. The van der Waals surface area contributed by atoms with E-state index in [1.54, 1.807) is 25.2 Å². The molecule has 7 nitrogen and oxygen atoms in total. The second-order valence-corrected chi connectivity index (χ2v) is 8.78. The Balaban J connectivity index is 1.92. The summed E-state index contributed by atoms with van der Waals surface area (Å²) >= 11 is 0. The van der Waals surface area contributed by atoms with E-state index in [0.717, 1.165) is 29.7 Å².